The van der Waals surface area contributed by atoms with E-state index < -0.39 is 11.8 Å². The number of hydrogen-bond acceptors (Lipinski definition) is 3. The molecule has 0 aromatic heterocycles. The van der Waals surface area contributed by atoms with Crippen molar-refractivity contribution in [3.05, 3.63) is 65.5 Å². The molecule has 120 valence electrons. The molecule has 2 aromatic carbocycles. The van der Waals surface area contributed by atoms with Gasteiger partial charge in [0.05, 0.1) is 7.11 Å². The first kappa shape index (κ1) is 16.5. The van der Waals surface area contributed by atoms with Crippen LogP contribution in [0.2, 0.25) is 0 Å². The van der Waals surface area contributed by atoms with Crippen LogP contribution in [0.1, 0.15) is 11.1 Å². The average molecular weight is 316 g/mol. The first-order valence-corrected chi connectivity index (χ1v) is 7.02. The maximum Gasteiger partial charge on any atom is 0.309 e. The van der Waals surface area contributed by atoms with E-state index in [2.05, 4.69) is 10.6 Å². The molecular weight excluding hydrogens is 299 g/mol. The Kier molecular flexibility index (Phi) is 5.68. The fraction of sp³-hybridized carbons (Fsp3) is 0.176. The molecular formula is C17H17FN2O3. The third kappa shape index (κ3) is 5.10. The second-order valence-corrected chi connectivity index (χ2v) is 4.84. The molecule has 2 amide bonds. The van der Waals surface area contributed by atoms with Crippen molar-refractivity contribution in [3.8, 4) is 5.75 Å². The van der Waals surface area contributed by atoms with Gasteiger partial charge >= 0.3 is 11.8 Å². The van der Waals surface area contributed by atoms with Gasteiger partial charge in [-0.25, -0.2) is 4.39 Å². The molecule has 6 heteroatoms. The van der Waals surface area contributed by atoms with Crippen molar-refractivity contribution >= 4 is 11.8 Å². The summed E-state index contributed by atoms with van der Waals surface area (Å²) < 4.78 is 17.9. The molecule has 0 saturated carbocycles. The molecule has 0 radical (unpaired) electrons. The summed E-state index contributed by atoms with van der Waals surface area (Å²) in [5.74, 6) is -1.14. The number of ether oxygens (including phenoxy) is 1. The lowest BCUT2D eigenvalue weighted by Crippen LogP contribution is -2.39. The fourth-order valence-electron chi connectivity index (χ4n) is 1.91. The van der Waals surface area contributed by atoms with Gasteiger partial charge < -0.3 is 15.4 Å². The van der Waals surface area contributed by atoms with Crippen LogP contribution in [-0.2, 0) is 22.7 Å². The maximum absolute atomic E-state index is 12.8. The van der Waals surface area contributed by atoms with Crippen LogP contribution in [0.25, 0.3) is 0 Å². The van der Waals surface area contributed by atoms with Gasteiger partial charge in [-0.1, -0.05) is 24.3 Å². The quantitative estimate of drug-likeness (QED) is 0.826. The lowest BCUT2D eigenvalue weighted by molar-refractivity contribution is -0.139. The minimum atomic E-state index is -0.739. The Hall–Kier alpha value is -2.89. The third-order valence-corrected chi connectivity index (χ3v) is 3.16. The van der Waals surface area contributed by atoms with Crippen LogP contribution in [-0.4, -0.2) is 18.9 Å². The predicted octanol–water partition coefficient (Wildman–Crippen LogP) is 1.77. The van der Waals surface area contributed by atoms with E-state index in [9.17, 15) is 14.0 Å². The zero-order chi connectivity index (χ0) is 16.7. The molecule has 0 aliphatic heterocycles. The summed E-state index contributed by atoms with van der Waals surface area (Å²) in [4.78, 5) is 23.4. The highest BCUT2D eigenvalue weighted by Gasteiger charge is 2.12. The van der Waals surface area contributed by atoms with Crippen LogP contribution in [0.15, 0.2) is 48.5 Å². The van der Waals surface area contributed by atoms with Gasteiger partial charge in [0, 0.05) is 13.1 Å². The van der Waals surface area contributed by atoms with Gasteiger partial charge in [-0.3, -0.25) is 9.59 Å². The molecule has 0 heterocycles. The van der Waals surface area contributed by atoms with E-state index >= 15 is 0 Å². The van der Waals surface area contributed by atoms with Crippen molar-refractivity contribution < 1.29 is 18.7 Å². The second kappa shape index (κ2) is 7.93. The van der Waals surface area contributed by atoms with E-state index in [4.69, 9.17) is 4.74 Å². The van der Waals surface area contributed by atoms with Crippen LogP contribution in [0.5, 0.6) is 5.75 Å². The fourth-order valence-corrected chi connectivity index (χ4v) is 1.91. The van der Waals surface area contributed by atoms with Gasteiger partial charge in [0.15, 0.2) is 0 Å². The number of carbonyl (C=O) groups is 2. The molecule has 0 unspecified atom stereocenters. The molecule has 0 bridgehead atoms. The minimum Gasteiger partial charge on any atom is -0.497 e. The Morgan fingerprint density at radius 1 is 0.957 bits per heavy atom. The first-order chi connectivity index (χ1) is 11.1. The highest BCUT2D eigenvalue weighted by Crippen LogP contribution is 2.12. The molecule has 23 heavy (non-hydrogen) atoms. The summed E-state index contributed by atoms with van der Waals surface area (Å²) in [5, 5.41) is 5.01. The van der Waals surface area contributed by atoms with Crippen molar-refractivity contribution in [1.82, 2.24) is 10.6 Å². The Morgan fingerprint density at radius 2 is 1.57 bits per heavy atom. The largest absolute Gasteiger partial charge is 0.497 e. The van der Waals surface area contributed by atoms with Gasteiger partial charge in [0.2, 0.25) is 0 Å². The van der Waals surface area contributed by atoms with Crippen LogP contribution < -0.4 is 15.4 Å². The van der Waals surface area contributed by atoms with Crippen molar-refractivity contribution in [2.75, 3.05) is 7.11 Å². The Bertz CT molecular complexity index is 686. The Balaban J connectivity index is 1.80. The minimum absolute atomic E-state index is 0.158. The number of nitrogens with one attached hydrogen (secondary N) is 2. The van der Waals surface area contributed by atoms with Gasteiger partial charge in [-0.05, 0) is 35.4 Å². The summed E-state index contributed by atoms with van der Waals surface area (Å²) >= 11 is 0. The van der Waals surface area contributed by atoms with Gasteiger partial charge in [0.1, 0.15) is 11.6 Å². The molecule has 5 nitrogen and oxygen atoms in total. The van der Waals surface area contributed by atoms with E-state index in [-0.39, 0.29) is 18.9 Å². The van der Waals surface area contributed by atoms with Crippen LogP contribution in [0.4, 0.5) is 4.39 Å². The average Bonchev–Trinajstić information content (AvgIpc) is 2.59. The van der Waals surface area contributed by atoms with Crippen LogP contribution >= 0.6 is 0 Å². The first-order valence-electron chi connectivity index (χ1n) is 7.02. The van der Waals surface area contributed by atoms with Crippen molar-refractivity contribution in [1.29, 1.82) is 0 Å². The van der Waals surface area contributed by atoms with E-state index in [1.165, 1.54) is 12.1 Å². The topological polar surface area (TPSA) is 67.4 Å². The van der Waals surface area contributed by atoms with E-state index in [0.717, 1.165) is 5.56 Å². The molecule has 0 saturated heterocycles. The molecule has 0 fully saturated rings. The highest BCUT2D eigenvalue weighted by atomic mass is 19.1. The normalized spacial score (nSPS) is 10.0. The standard InChI is InChI=1S/C17H17FN2O3/c1-23-15-4-2-3-13(9-15)11-20-17(22)16(21)19-10-12-5-7-14(18)8-6-12/h2-9H,10-11H2,1H3,(H,19,21)(H,20,22). The lowest BCUT2D eigenvalue weighted by atomic mass is 10.2. The molecule has 0 spiro atoms. The summed E-state index contributed by atoms with van der Waals surface area (Å²) in [6.07, 6.45) is 0. The van der Waals surface area contributed by atoms with Crippen LogP contribution in [0, 0.1) is 5.82 Å². The zero-order valence-corrected chi connectivity index (χ0v) is 12.6. The number of methoxy groups -OCH3 is 1. The monoisotopic (exact) mass is 316 g/mol. The van der Waals surface area contributed by atoms with E-state index in [1.807, 2.05) is 6.07 Å². The number of benzene rings is 2. The Labute approximate surface area is 133 Å². The number of carbonyl (C=O) groups excluding carboxylic acids is 2. The van der Waals surface area contributed by atoms with Crippen LogP contribution in [0.3, 0.4) is 0 Å². The number of halogens is 1. The molecule has 0 aliphatic carbocycles. The van der Waals surface area contributed by atoms with Gasteiger partial charge in [0.25, 0.3) is 0 Å². The number of hydrogen-bond donors (Lipinski definition) is 2. The third-order valence-electron chi connectivity index (χ3n) is 3.16. The molecule has 0 aliphatic rings. The van der Waals surface area contributed by atoms with Gasteiger partial charge in [-0.15, -0.1) is 0 Å². The summed E-state index contributed by atoms with van der Waals surface area (Å²) in [6, 6.07) is 12.9. The second-order valence-electron chi connectivity index (χ2n) is 4.84. The van der Waals surface area contributed by atoms with E-state index in [1.54, 1.807) is 37.4 Å². The van der Waals surface area contributed by atoms with E-state index in [0.29, 0.717) is 11.3 Å². The molecule has 2 aromatic rings. The molecule has 2 rings (SSSR count). The molecule has 0 atom stereocenters. The van der Waals surface area contributed by atoms with Crippen molar-refractivity contribution in [3.63, 3.8) is 0 Å². The summed E-state index contributed by atoms with van der Waals surface area (Å²) in [5.41, 5.74) is 1.53. The lowest BCUT2D eigenvalue weighted by Gasteiger charge is -2.08. The Morgan fingerprint density at radius 3 is 2.17 bits per heavy atom. The number of amides is 2. The van der Waals surface area contributed by atoms with Crippen molar-refractivity contribution in [2.45, 2.75) is 13.1 Å². The predicted molar refractivity (Wildman–Crippen MR) is 83.1 cm³/mol. The molecule has 2 N–H and O–H groups in total. The highest BCUT2D eigenvalue weighted by molar-refractivity contribution is 6.35. The summed E-state index contributed by atoms with van der Waals surface area (Å²) in [6.45, 7) is 0.381. The summed E-state index contributed by atoms with van der Waals surface area (Å²) in [7, 11) is 1.56. The maximum atomic E-state index is 12.8. The SMILES string of the molecule is COc1cccc(CNC(=O)C(=O)NCc2ccc(F)cc2)c1. The van der Waals surface area contributed by atoms with Gasteiger partial charge in [-0.2, -0.15) is 0 Å². The smallest absolute Gasteiger partial charge is 0.309 e. The zero-order valence-electron chi connectivity index (χ0n) is 12.6. The number of rotatable bonds is 5. The van der Waals surface area contributed by atoms with Crippen molar-refractivity contribution in [2.24, 2.45) is 0 Å².